The van der Waals surface area contributed by atoms with Crippen LogP contribution in [0, 0.1) is 5.82 Å². The number of nitrogens with zero attached hydrogens (tertiary/aromatic N) is 5. The highest BCUT2D eigenvalue weighted by Gasteiger charge is 2.24. The van der Waals surface area contributed by atoms with Crippen molar-refractivity contribution in [3.8, 4) is 0 Å². The smallest absolute Gasteiger partial charge is 0.373 e. The molecule has 0 bridgehead atoms. The van der Waals surface area contributed by atoms with Crippen molar-refractivity contribution in [3.05, 3.63) is 69.2 Å². The fourth-order valence-electron chi connectivity index (χ4n) is 4.42. The minimum absolute atomic E-state index is 0.0394. The maximum Gasteiger partial charge on any atom is 0.425 e. The maximum atomic E-state index is 14.0. The van der Waals surface area contributed by atoms with Crippen LogP contribution in [-0.2, 0) is 17.8 Å². The van der Waals surface area contributed by atoms with E-state index in [-0.39, 0.29) is 29.5 Å². The average Bonchev–Trinajstić information content (AvgIpc) is 3.23. The number of halogens is 2. The van der Waals surface area contributed by atoms with Gasteiger partial charge in [-0.15, -0.1) is 0 Å². The van der Waals surface area contributed by atoms with Gasteiger partial charge in [0.05, 0.1) is 29.2 Å². The Labute approximate surface area is 188 Å². The van der Waals surface area contributed by atoms with Gasteiger partial charge < -0.3 is 4.74 Å². The highest BCUT2D eigenvalue weighted by Crippen LogP contribution is 2.20. The van der Waals surface area contributed by atoms with Crippen LogP contribution in [0.15, 0.2) is 41.6 Å². The standard InChI is InChI=1S/C22H22ClFN6O2/c1-13-8-28(9-14(2)32-13)10-16-5-17-20(25-7-16)29(22(31)30-21(17)26-12-27-30)11-15-3-4-18(23)19(24)6-15/h3-7,12-14H,8-11H2,1-2H3/p+1/t13-,14+. The Balaban J connectivity index is 1.57. The van der Waals surface area contributed by atoms with E-state index in [9.17, 15) is 9.18 Å². The van der Waals surface area contributed by atoms with Crippen molar-refractivity contribution in [1.82, 2.24) is 24.1 Å². The molecule has 10 heteroatoms. The molecule has 1 N–H and O–H groups in total. The Morgan fingerprint density at radius 3 is 2.72 bits per heavy atom. The van der Waals surface area contributed by atoms with Gasteiger partial charge in [0.15, 0.2) is 5.65 Å². The van der Waals surface area contributed by atoms with Crippen molar-refractivity contribution in [3.63, 3.8) is 0 Å². The molecule has 3 aromatic heterocycles. The Morgan fingerprint density at radius 2 is 1.97 bits per heavy atom. The number of nitrogens with one attached hydrogen (secondary N) is 1. The summed E-state index contributed by atoms with van der Waals surface area (Å²) < 4.78 is 22.6. The Bertz CT molecular complexity index is 1360. The number of morpholine rings is 1. The summed E-state index contributed by atoms with van der Waals surface area (Å²) in [6, 6.07) is 6.53. The molecule has 8 nitrogen and oxygen atoms in total. The number of rotatable bonds is 4. The van der Waals surface area contributed by atoms with Crippen molar-refractivity contribution in [2.24, 2.45) is 0 Å². The molecule has 4 heterocycles. The summed E-state index contributed by atoms with van der Waals surface area (Å²) in [6.07, 6.45) is 3.61. The van der Waals surface area contributed by atoms with E-state index < -0.39 is 5.82 Å². The normalized spacial score (nSPS) is 19.8. The molecule has 0 unspecified atom stereocenters. The minimum Gasteiger partial charge on any atom is -0.373 e. The summed E-state index contributed by atoms with van der Waals surface area (Å²) in [6.45, 7) is 6.71. The minimum atomic E-state index is -0.528. The Morgan fingerprint density at radius 1 is 1.19 bits per heavy atom. The van der Waals surface area contributed by atoms with Crippen LogP contribution in [0.2, 0.25) is 5.02 Å². The van der Waals surface area contributed by atoms with E-state index in [0.717, 1.165) is 30.6 Å². The predicted molar refractivity (Wildman–Crippen MR) is 117 cm³/mol. The summed E-state index contributed by atoms with van der Waals surface area (Å²) in [7, 11) is 0. The molecule has 166 valence electrons. The van der Waals surface area contributed by atoms with Crippen molar-refractivity contribution < 1.29 is 14.1 Å². The molecule has 1 aromatic carbocycles. The van der Waals surface area contributed by atoms with E-state index in [1.54, 1.807) is 12.3 Å². The number of hydrogen-bond acceptors (Lipinski definition) is 5. The molecule has 0 spiro atoms. The second-order valence-corrected chi connectivity index (χ2v) is 8.74. The fraction of sp³-hybridized carbons (Fsp3) is 0.364. The molecule has 32 heavy (non-hydrogen) atoms. The number of fused-ring (bicyclic) bond motifs is 3. The number of hydrogen-bond donors (Lipinski definition) is 0. The van der Waals surface area contributed by atoms with Gasteiger partial charge >= 0.3 is 5.69 Å². The molecule has 1 aliphatic rings. The van der Waals surface area contributed by atoms with Crippen LogP contribution in [-0.4, -0.2) is 49.4 Å². The number of ether oxygens (including phenoxy) is 1. The first-order chi connectivity index (χ1) is 15.4. The lowest BCUT2D eigenvalue weighted by atomic mass is 10.1. The Hall–Kier alpha value is -2.88. The van der Waals surface area contributed by atoms with Gasteiger partial charge in [-0.2, -0.15) is 0 Å². The lowest BCUT2D eigenvalue weighted by Crippen LogP contribution is -2.44. The van der Waals surface area contributed by atoms with Gasteiger partial charge in [0.2, 0.25) is 0 Å². The van der Waals surface area contributed by atoms with Crippen molar-refractivity contribution in [2.45, 2.75) is 39.1 Å². The number of pyridine rings is 1. The molecule has 5 rings (SSSR count). The highest BCUT2D eigenvalue weighted by atomic mass is 35.5. The van der Waals surface area contributed by atoms with Crippen LogP contribution in [0.25, 0.3) is 16.7 Å². The zero-order valence-electron chi connectivity index (χ0n) is 17.8. The first-order valence-corrected chi connectivity index (χ1v) is 10.9. The summed E-state index contributed by atoms with van der Waals surface area (Å²) in [5.74, 6) is -0.528. The third kappa shape index (κ3) is 3.87. The second kappa shape index (κ2) is 8.23. The highest BCUT2D eigenvalue weighted by molar-refractivity contribution is 6.30. The summed E-state index contributed by atoms with van der Waals surface area (Å²) >= 11 is 5.80. The molecule has 1 saturated heterocycles. The SMILES string of the molecule is C[C@@H]1CN(Cc2cnc3c(c2)c2[nH+]cnn2c(=O)n3Cc2ccc(Cl)c(F)c2)C[C@H](C)O1. The van der Waals surface area contributed by atoms with Gasteiger partial charge in [0.1, 0.15) is 5.82 Å². The molecule has 1 aliphatic heterocycles. The number of H-pyrrole nitrogens is 1. The van der Waals surface area contributed by atoms with E-state index in [1.807, 2.05) is 6.07 Å². The molecule has 2 atom stereocenters. The first-order valence-electron chi connectivity index (χ1n) is 10.5. The lowest BCUT2D eigenvalue weighted by molar-refractivity contribution is -0.345. The molecule has 1 fully saturated rings. The predicted octanol–water partition coefficient (Wildman–Crippen LogP) is 2.31. The first kappa shape index (κ1) is 21.0. The van der Waals surface area contributed by atoms with Crippen LogP contribution in [0.1, 0.15) is 25.0 Å². The molecule has 0 amide bonds. The van der Waals surface area contributed by atoms with Crippen LogP contribution in [0.5, 0.6) is 0 Å². The van der Waals surface area contributed by atoms with Crippen LogP contribution in [0.4, 0.5) is 4.39 Å². The molecular weight excluding hydrogens is 435 g/mol. The van der Waals surface area contributed by atoms with Crippen molar-refractivity contribution >= 4 is 28.3 Å². The summed E-state index contributed by atoms with van der Waals surface area (Å²) in [4.78, 5) is 23.1. The largest absolute Gasteiger partial charge is 0.425 e. The number of aromatic nitrogens is 5. The summed E-state index contributed by atoms with van der Waals surface area (Å²) in [5.41, 5.74) is 2.34. The fourth-order valence-corrected chi connectivity index (χ4v) is 4.54. The van der Waals surface area contributed by atoms with E-state index in [4.69, 9.17) is 16.3 Å². The number of aromatic amines is 1. The topological polar surface area (TPSA) is 78.8 Å². The van der Waals surface area contributed by atoms with Gasteiger partial charge in [-0.25, -0.2) is 19.2 Å². The lowest BCUT2D eigenvalue weighted by Gasteiger charge is -2.35. The van der Waals surface area contributed by atoms with Crippen LogP contribution in [0.3, 0.4) is 0 Å². The van der Waals surface area contributed by atoms with E-state index in [2.05, 4.69) is 33.8 Å². The molecule has 0 aliphatic carbocycles. The quantitative estimate of drug-likeness (QED) is 0.470. The zero-order valence-corrected chi connectivity index (χ0v) is 18.5. The summed E-state index contributed by atoms with van der Waals surface area (Å²) in [5, 5.41) is 4.95. The van der Waals surface area contributed by atoms with Gasteiger partial charge in [0, 0.05) is 30.9 Å². The van der Waals surface area contributed by atoms with Gasteiger partial charge in [0.25, 0.3) is 12.0 Å². The zero-order chi connectivity index (χ0) is 22.4. The molecular formula is C22H23ClFN6O2+. The third-order valence-corrected chi connectivity index (χ3v) is 5.97. The Kier molecular flexibility index (Phi) is 5.40. The van der Waals surface area contributed by atoms with Gasteiger partial charge in [-0.3, -0.25) is 9.47 Å². The molecule has 4 aromatic rings. The molecule has 0 saturated carbocycles. The monoisotopic (exact) mass is 457 g/mol. The maximum absolute atomic E-state index is 14.0. The van der Waals surface area contributed by atoms with E-state index in [1.165, 1.54) is 27.5 Å². The molecule has 0 radical (unpaired) electrons. The van der Waals surface area contributed by atoms with Gasteiger partial charge in [-0.05, 0) is 47.7 Å². The van der Waals surface area contributed by atoms with E-state index >= 15 is 0 Å². The van der Waals surface area contributed by atoms with Crippen molar-refractivity contribution in [2.75, 3.05) is 13.1 Å². The average molecular weight is 458 g/mol. The van der Waals surface area contributed by atoms with Crippen LogP contribution < -0.4 is 10.7 Å². The third-order valence-electron chi connectivity index (χ3n) is 5.66. The van der Waals surface area contributed by atoms with Crippen molar-refractivity contribution in [1.29, 1.82) is 0 Å². The van der Waals surface area contributed by atoms with E-state index in [0.29, 0.717) is 16.9 Å². The number of benzene rings is 1. The van der Waals surface area contributed by atoms with Crippen LogP contribution >= 0.6 is 11.6 Å². The second-order valence-electron chi connectivity index (χ2n) is 8.33. The van der Waals surface area contributed by atoms with Gasteiger partial charge in [-0.1, -0.05) is 17.7 Å².